The number of amides is 1. The average molecular weight is 313 g/mol. The number of anilines is 1. The summed E-state index contributed by atoms with van der Waals surface area (Å²) in [6.07, 6.45) is 1.11. The van der Waals surface area contributed by atoms with Crippen molar-refractivity contribution >= 4 is 11.6 Å². The molecule has 0 spiro atoms. The Morgan fingerprint density at radius 2 is 1.83 bits per heavy atom. The van der Waals surface area contributed by atoms with Gasteiger partial charge in [-0.1, -0.05) is 12.1 Å². The van der Waals surface area contributed by atoms with Gasteiger partial charge in [0.15, 0.2) is 0 Å². The Morgan fingerprint density at radius 3 is 2.52 bits per heavy atom. The van der Waals surface area contributed by atoms with Gasteiger partial charge in [0.2, 0.25) is 5.91 Å². The first-order chi connectivity index (χ1) is 11.2. The van der Waals surface area contributed by atoms with Gasteiger partial charge in [-0.25, -0.2) is 0 Å². The van der Waals surface area contributed by atoms with Crippen molar-refractivity contribution in [3.05, 3.63) is 54.1 Å². The number of rotatable bonds is 8. The Labute approximate surface area is 137 Å². The summed E-state index contributed by atoms with van der Waals surface area (Å²) in [4.78, 5) is 11.9. The molecule has 0 bridgehead atoms. The predicted octanol–water partition coefficient (Wildman–Crippen LogP) is 4.19. The van der Waals surface area contributed by atoms with Gasteiger partial charge in [-0.15, -0.1) is 0 Å². The highest BCUT2D eigenvalue weighted by atomic mass is 16.5. The lowest BCUT2D eigenvalue weighted by atomic mass is 10.2. The van der Waals surface area contributed by atoms with Crippen molar-refractivity contribution in [2.24, 2.45) is 0 Å². The average Bonchev–Trinajstić information content (AvgIpc) is 2.54. The van der Waals surface area contributed by atoms with Crippen LogP contribution in [0.25, 0.3) is 0 Å². The third-order valence-electron chi connectivity index (χ3n) is 3.26. The lowest BCUT2D eigenvalue weighted by Crippen LogP contribution is -2.12. The second-order valence-electron chi connectivity index (χ2n) is 5.27. The molecule has 2 rings (SSSR count). The first kappa shape index (κ1) is 16.9. The van der Waals surface area contributed by atoms with Crippen LogP contribution in [0.1, 0.15) is 25.3 Å². The largest absolute Gasteiger partial charge is 0.494 e. The van der Waals surface area contributed by atoms with E-state index in [1.165, 1.54) is 0 Å². The molecule has 1 N–H and O–H groups in total. The van der Waals surface area contributed by atoms with E-state index < -0.39 is 0 Å². The summed E-state index contributed by atoms with van der Waals surface area (Å²) in [6.45, 7) is 5.12. The molecule has 122 valence electrons. The van der Waals surface area contributed by atoms with Crippen molar-refractivity contribution in [2.75, 3.05) is 18.5 Å². The van der Waals surface area contributed by atoms with E-state index in [-0.39, 0.29) is 5.91 Å². The molecule has 4 nitrogen and oxygen atoms in total. The molecule has 4 heteroatoms. The van der Waals surface area contributed by atoms with Crippen LogP contribution in [-0.2, 0) is 4.79 Å². The van der Waals surface area contributed by atoms with E-state index in [1.54, 1.807) is 0 Å². The Balaban J connectivity index is 1.68. The molecule has 0 aromatic heterocycles. The zero-order valence-corrected chi connectivity index (χ0v) is 13.7. The van der Waals surface area contributed by atoms with Gasteiger partial charge < -0.3 is 14.8 Å². The fourth-order valence-electron chi connectivity index (χ4n) is 2.15. The van der Waals surface area contributed by atoms with Crippen LogP contribution in [0.5, 0.6) is 11.5 Å². The third-order valence-corrected chi connectivity index (χ3v) is 3.26. The molecule has 0 heterocycles. The number of aryl methyl sites for hydroxylation is 1. The molecule has 2 aromatic rings. The number of ether oxygens (including phenoxy) is 2. The molecule has 0 radical (unpaired) electrons. The molecule has 2 aromatic carbocycles. The van der Waals surface area contributed by atoms with E-state index in [0.29, 0.717) is 26.1 Å². The van der Waals surface area contributed by atoms with Gasteiger partial charge in [0.25, 0.3) is 0 Å². The molecular weight excluding hydrogens is 290 g/mol. The first-order valence-corrected chi connectivity index (χ1v) is 7.89. The predicted molar refractivity (Wildman–Crippen MR) is 92.1 cm³/mol. The van der Waals surface area contributed by atoms with E-state index >= 15 is 0 Å². The van der Waals surface area contributed by atoms with Crippen molar-refractivity contribution in [1.82, 2.24) is 0 Å². The maximum atomic E-state index is 11.9. The molecule has 0 aliphatic rings. The van der Waals surface area contributed by atoms with E-state index in [2.05, 4.69) is 5.32 Å². The summed E-state index contributed by atoms with van der Waals surface area (Å²) >= 11 is 0. The van der Waals surface area contributed by atoms with Crippen LogP contribution in [0, 0.1) is 6.92 Å². The maximum absolute atomic E-state index is 11.9. The highest BCUT2D eigenvalue weighted by Gasteiger charge is 2.03. The van der Waals surface area contributed by atoms with E-state index in [4.69, 9.17) is 9.47 Å². The zero-order valence-electron chi connectivity index (χ0n) is 13.7. The monoisotopic (exact) mass is 313 g/mol. The molecule has 0 saturated heterocycles. The molecule has 0 aliphatic carbocycles. The number of carbonyl (C=O) groups excluding carboxylic acids is 1. The summed E-state index contributed by atoms with van der Waals surface area (Å²) in [5.74, 6) is 1.64. The highest BCUT2D eigenvalue weighted by molar-refractivity contribution is 5.90. The minimum Gasteiger partial charge on any atom is -0.494 e. The molecule has 23 heavy (non-hydrogen) atoms. The second-order valence-corrected chi connectivity index (χ2v) is 5.27. The molecule has 0 aliphatic heterocycles. The van der Waals surface area contributed by atoms with Crippen LogP contribution >= 0.6 is 0 Å². The Kier molecular flexibility index (Phi) is 6.48. The quantitative estimate of drug-likeness (QED) is 0.743. The van der Waals surface area contributed by atoms with E-state index in [1.807, 2.05) is 62.4 Å². The third kappa shape index (κ3) is 6.02. The molecule has 0 saturated carbocycles. The Hall–Kier alpha value is -2.49. The summed E-state index contributed by atoms with van der Waals surface area (Å²) in [5, 5.41) is 2.87. The zero-order chi connectivity index (χ0) is 16.5. The van der Waals surface area contributed by atoms with Crippen molar-refractivity contribution in [3.8, 4) is 11.5 Å². The number of hydrogen-bond acceptors (Lipinski definition) is 3. The maximum Gasteiger partial charge on any atom is 0.224 e. The highest BCUT2D eigenvalue weighted by Crippen LogP contribution is 2.16. The molecule has 0 unspecified atom stereocenters. The number of hydrogen-bond donors (Lipinski definition) is 1. The molecule has 0 fully saturated rings. The topological polar surface area (TPSA) is 47.6 Å². The number of benzene rings is 2. The van der Waals surface area contributed by atoms with Gasteiger partial charge in [-0.3, -0.25) is 4.79 Å². The standard InChI is InChI=1S/C19H23NO3/c1-3-22-17-11-9-16(10-12-17)20-19(21)8-5-13-23-18-7-4-6-15(2)14-18/h4,6-7,9-12,14H,3,5,8,13H2,1-2H3,(H,20,21). The minimum absolute atomic E-state index is 0.0120. The van der Waals surface area contributed by atoms with Crippen molar-refractivity contribution in [1.29, 1.82) is 0 Å². The Morgan fingerprint density at radius 1 is 1.04 bits per heavy atom. The van der Waals surface area contributed by atoms with E-state index in [0.717, 1.165) is 22.7 Å². The van der Waals surface area contributed by atoms with Gasteiger partial charge in [0.1, 0.15) is 11.5 Å². The van der Waals surface area contributed by atoms with Crippen LogP contribution in [-0.4, -0.2) is 19.1 Å². The van der Waals surface area contributed by atoms with Crippen molar-refractivity contribution in [3.63, 3.8) is 0 Å². The smallest absolute Gasteiger partial charge is 0.224 e. The van der Waals surface area contributed by atoms with Crippen LogP contribution in [0.2, 0.25) is 0 Å². The van der Waals surface area contributed by atoms with Crippen LogP contribution in [0.3, 0.4) is 0 Å². The van der Waals surface area contributed by atoms with Gasteiger partial charge in [0.05, 0.1) is 13.2 Å². The van der Waals surface area contributed by atoms with E-state index in [9.17, 15) is 4.79 Å². The molecular formula is C19H23NO3. The minimum atomic E-state index is -0.0120. The van der Waals surface area contributed by atoms with Gasteiger partial charge in [-0.05, 0) is 62.2 Å². The van der Waals surface area contributed by atoms with Crippen LogP contribution in [0.15, 0.2) is 48.5 Å². The second kappa shape index (κ2) is 8.83. The summed E-state index contributed by atoms with van der Waals surface area (Å²) in [7, 11) is 0. The summed E-state index contributed by atoms with van der Waals surface area (Å²) < 4.78 is 11.0. The molecule has 1 amide bonds. The fraction of sp³-hybridized carbons (Fsp3) is 0.316. The lowest BCUT2D eigenvalue weighted by molar-refractivity contribution is -0.116. The molecule has 0 atom stereocenters. The lowest BCUT2D eigenvalue weighted by Gasteiger charge is -2.08. The number of carbonyl (C=O) groups is 1. The normalized spacial score (nSPS) is 10.2. The van der Waals surface area contributed by atoms with Crippen molar-refractivity contribution in [2.45, 2.75) is 26.7 Å². The summed E-state index contributed by atoms with van der Waals surface area (Å²) in [5.41, 5.74) is 1.94. The Bertz CT molecular complexity index is 623. The summed E-state index contributed by atoms with van der Waals surface area (Å²) in [6, 6.07) is 15.3. The first-order valence-electron chi connectivity index (χ1n) is 7.89. The van der Waals surface area contributed by atoms with Gasteiger partial charge >= 0.3 is 0 Å². The van der Waals surface area contributed by atoms with Crippen molar-refractivity contribution < 1.29 is 14.3 Å². The van der Waals surface area contributed by atoms with Gasteiger partial charge in [0, 0.05) is 12.1 Å². The van der Waals surface area contributed by atoms with Gasteiger partial charge in [-0.2, -0.15) is 0 Å². The fourth-order valence-corrected chi connectivity index (χ4v) is 2.15. The SMILES string of the molecule is CCOc1ccc(NC(=O)CCCOc2cccc(C)c2)cc1. The number of nitrogens with one attached hydrogen (secondary N) is 1. The van der Waals surface area contributed by atoms with Crippen LogP contribution in [0.4, 0.5) is 5.69 Å². The van der Waals surface area contributed by atoms with Crippen LogP contribution < -0.4 is 14.8 Å².